The van der Waals surface area contributed by atoms with Gasteiger partial charge in [0.25, 0.3) is 0 Å². The first kappa shape index (κ1) is 24.6. The molecule has 0 amide bonds. The van der Waals surface area contributed by atoms with E-state index in [4.69, 9.17) is 9.47 Å². The van der Waals surface area contributed by atoms with E-state index in [1.165, 1.54) is 11.8 Å². The average Bonchev–Trinajstić information content (AvgIpc) is 2.70. The first-order valence-electron chi connectivity index (χ1n) is 10.6. The Labute approximate surface area is 186 Å². The van der Waals surface area contributed by atoms with Crippen molar-refractivity contribution in [3.05, 3.63) is 12.2 Å². The van der Waals surface area contributed by atoms with Crippen LogP contribution in [0.5, 0.6) is 0 Å². The third kappa shape index (κ3) is 6.26. The quantitative estimate of drug-likeness (QED) is 0.426. The molecule has 0 aliphatic carbocycles. The molecule has 0 aromatic carbocycles. The number of thioether (sulfide) groups is 1. The van der Waals surface area contributed by atoms with Crippen LogP contribution in [-0.2, 0) is 20.5 Å². The lowest BCUT2D eigenvalue weighted by Crippen LogP contribution is -2.62. The number of ether oxygens (including phenoxy) is 2. The molecule has 3 aliphatic rings. The molecular formula is C20H36N2O6S2. The highest BCUT2D eigenvalue weighted by Crippen LogP contribution is 2.33. The largest absolute Gasteiger partial charge is 0.388 e. The summed E-state index contributed by atoms with van der Waals surface area (Å²) < 4.78 is 26.8. The van der Waals surface area contributed by atoms with Crippen molar-refractivity contribution in [2.45, 2.75) is 67.8 Å². The Hall–Kier alpha value is -0.0400. The number of morpholine rings is 1. The zero-order valence-electron chi connectivity index (χ0n) is 18.0. The molecule has 3 rings (SSSR count). The molecule has 0 aromatic rings. The lowest BCUT2D eigenvalue weighted by molar-refractivity contribution is -0.203. The summed E-state index contributed by atoms with van der Waals surface area (Å²) in [6.45, 7) is 9.80. The van der Waals surface area contributed by atoms with Gasteiger partial charge in [-0.15, -0.1) is 11.8 Å². The number of nitrogens with zero attached hydrogens (tertiary/aromatic N) is 1. The van der Waals surface area contributed by atoms with Crippen molar-refractivity contribution in [1.82, 2.24) is 9.62 Å². The van der Waals surface area contributed by atoms with E-state index in [0.717, 1.165) is 38.6 Å². The standard InChI is InChI=1S/C20H36N2O6S2/c1-20(2,3)30(26)21-14-6-4-5-13(11-22-7-9-27-10-8-22)12-29-19-17(25)15(23)16(24)18(14)28-19/h4-5,13-19,21,23-25H,6-12H2,1-3H3/b5-4-/t13?,14-,15?,16?,17-,18-,19?,30-/m1/s1. The van der Waals surface area contributed by atoms with Gasteiger partial charge in [-0.05, 0) is 33.1 Å². The van der Waals surface area contributed by atoms with Gasteiger partial charge in [-0.2, -0.15) is 0 Å². The second-order valence-electron chi connectivity index (χ2n) is 9.22. The van der Waals surface area contributed by atoms with Crippen molar-refractivity contribution in [2.75, 3.05) is 38.6 Å². The molecule has 4 unspecified atom stereocenters. The molecule has 0 radical (unpaired) electrons. The van der Waals surface area contributed by atoms with Gasteiger partial charge in [0.2, 0.25) is 0 Å². The predicted molar refractivity (Wildman–Crippen MR) is 118 cm³/mol. The molecule has 4 N–H and O–H groups in total. The second-order valence-corrected chi connectivity index (χ2v) is 12.3. The SMILES string of the molecule is CC(C)(C)[S@@](=O)N[C@@H]1C/C=C\C(CN2CCOCC2)CSC2O[C@H]1C(O)C(O)[C@H]2O. The molecule has 2 bridgehead atoms. The summed E-state index contributed by atoms with van der Waals surface area (Å²) in [7, 11) is -1.37. The molecule has 0 spiro atoms. The molecule has 2 fully saturated rings. The van der Waals surface area contributed by atoms with Crippen molar-refractivity contribution in [2.24, 2.45) is 5.92 Å². The maximum atomic E-state index is 12.7. The fraction of sp³-hybridized carbons (Fsp3) is 0.900. The fourth-order valence-electron chi connectivity index (χ4n) is 3.83. The molecule has 8 atom stereocenters. The Balaban J connectivity index is 1.78. The van der Waals surface area contributed by atoms with Gasteiger partial charge in [0.1, 0.15) is 29.9 Å². The Bertz CT molecular complexity index is 611. The van der Waals surface area contributed by atoms with Crippen LogP contribution in [-0.4, -0.2) is 104 Å². The van der Waals surface area contributed by atoms with Gasteiger partial charge in [-0.3, -0.25) is 4.90 Å². The van der Waals surface area contributed by atoms with Crippen molar-refractivity contribution in [1.29, 1.82) is 0 Å². The van der Waals surface area contributed by atoms with E-state index >= 15 is 0 Å². The molecule has 2 saturated heterocycles. The van der Waals surface area contributed by atoms with E-state index in [9.17, 15) is 19.5 Å². The third-order valence-corrected chi connectivity index (χ3v) is 8.66. The number of rotatable bonds is 4. The molecule has 10 heteroatoms. The highest BCUT2D eigenvalue weighted by atomic mass is 32.2. The van der Waals surface area contributed by atoms with Crippen molar-refractivity contribution < 1.29 is 29.0 Å². The number of nitrogens with one attached hydrogen (secondary N) is 1. The van der Waals surface area contributed by atoms with Crippen molar-refractivity contribution in [3.63, 3.8) is 0 Å². The molecule has 8 nitrogen and oxygen atoms in total. The van der Waals surface area contributed by atoms with Gasteiger partial charge < -0.3 is 24.8 Å². The van der Waals surface area contributed by atoms with Crippen LogP contribution in [0.2, 0.25) is 0 Å². The highest BCUT2D eigenvalue weighted by molar-refractivity contribution is 7.99. The predicted octanol–water partition coefficient (Wildman–Crippen LogP) is -0.144. The minimum atomic E-state index is -1.37. The summed E-state index contributed by atoms with van der Waals surface area (Å²) in [4.78, 5) is 2.37. The second kappa shape index (κ2) is 10.7. The minimum Gasteiger partial charge on any atom is -0.388 e. The zero-order valence-corrected chi connectivity index (χ0v) is 19.6. The summed E-state index contributed by atoms with van der Waals surface area (Å²) in [6.07, 6.45) is 0.210. The lowest BCUT2D eigenvalue weighted by atomic mass is 9.93. The Morgan fingerprint density at radius 3 is 2.53 bits per heavy atom. The maximum absolute atomic E-state index is 12.7. The first-order valence-corrected chi connectivity index (χ1v) is 12.8. The lowest BCUT2D eigenvalue weighted by Gasteiger charge is -2.44. The molecule has 3 heterocycles. The molecule has 3 aliphatic heterocycles. The number of hydrogen-bond donors (Lipinski definition) is 4. The summed E-state index contributed by atoms with van der Waals surface area (Å²) in [5.41, 5.74) is -0.653. The summed E-state index contributed by atoms with van der Waals surface area (Å²) in [6, 6.07) is -0.455. The molecular weight excluding hydrogens is 428 g/mol. The fourth-order valence-corrected chi connectivity index (χ4v) is 5.91. The first-order chi connectivity index (χ1) is 14.2. The number of aliphatic hydroxyl groups excluding tert-OH is 3. The number of fused-ring (bicyclic) bond motifs is 2. The Morgan fingerprint density at radius 1 is 1.17 bits per heavy atom. The van der Waals surface area contributed by atoms with E-state index in [0.29, 0.717) is 6.42 Å². The number of aliphatic hydroxyl groups is 3. The van der Waals surface area contributed by atoms with Gasteiger partial charge >= 0.3 is 0 Å². The van der Waals surface area contributed by atoms with Gasteiger partial charge in [0.15, 0.2) is 0 Å². The average molecular weight is 465 g/mol. The minimum absolute atomic E-state index is 0.248. The van der Waals surface area contributed by atoms with Crippen molar-refractivity contribution >= 4 is 22.7 Å². The van der Waals surface area contributed by atoms with Crippen LogP contribution in [0.25, 0.3) is 0 Å². The van der Waals surface area contributed by atoms with Crippen LogP contribution < -0.4 is 4.72 Å². The van der Waals surface area contributed by atoms with E-state index in [1.54, 1.807) is 0 Å². The van der Waals surface area contributed by atoms with E-state index in [-0.39, 0.29) is 5.92 Å². The normalized spacial score (nSPS) is 41.2. The monoisotopic (exact) mass is 464 g/mol. The van der Waals surface area contributed by atoms with Gasteiger partial charge in [0, 0.05) is 25.4 Å². The zero-order chi connectivity index (χ0) is 21.9. The van der Waals surface area contributed by atoms with Crippen LogP contribution in [0.3, 0.4) is 0 Å². The van der Waals surface area contributed by atoms with Gasteiger partial charge in [-0.1, -0.05) is 12.2 Å². The van der Waals surface area contributed by atoms with Crippen LogP contribution in [0, 0.1) is 5.92 Å². The van der Waals surface area contributed by atoms with Crippen LogP contribution >= 0.6 is 11.8 Å². The Kier molecular flexibility index (Phi) is 8.79. The van der Waals surface area contributed by atoms with Crippen LogP contribution in [0.4, 0.5) is 0 Å². The molecule has 0 aromatic heterocycles. The van der Waals surface area contributed by atoms with Crippen molar-refractivity contribution in [3.8, 4) is 0 Å². The molecule has 174 valence electrons. The third-order valence-electron chi connectivity index (χ3n) is 5.69. The maximum Gasteiger partial charge on any atom is 0.132 e. The molecule has 0 saturated carbocycles. The Morgan fingerprint density at radius 2 is 1.87 bits per heavy atom. The van der Waals surface area contributed by atoms with E-state index in [1.807, 2.05) is 20.8 Å². The summed E-state index contributed by atoms with van der Waals surface area (Å²) >= 11 is 1.46. The van der Waals surface area contributed by atoms with Crippen LogP contribution in [0.15, 0.2) is 12.2 Å². The van der Waals surface area contributed by atoms with Gasteiger partial charge in [0.05, 0.1) is 35.0 Å². The summed E-state index contributed by atoms with van der Waals surface area (Å²) in [5.74, 6) is 0.982. The van der Waals surface area contributed by atoms with E-state index in [2.05, 4.69) is 21.8 Å². The van der Waals surface area contributed by atoms with E-state index < -0.39 is 51.6 Å². The van der Waals surface area contributed by atoms with Crippen LogP contribution in [0.1, 0.15) is 27.2 Å². The highest BCUT2D eigenvalue weighted by Gasteiger charge is 2.47. The summed E-state index contributed by atoms with van der Waals surface area (Å²) in [5, 5.41) is 31.5. The smallest absolute Gasteiger partial charge is 0.132 e. The number of hydrogen-bond acceptors (Lipinski definition) is 8. The topological polar surface area (TPSA) is 111 Å². The van der Waals surface area contributed by atoms with Gasteiger partial charge in [-0.25, -0.2) is 8.93 Å². The molecule has 30 heavy (non-hydrogen) atoms.